The average Bonchev–Trinajstić information content (AvgIpc) is 2.47. The Morgan fingerprint density at radius 1 is 1.45 bits per heavy atom. The molecule has 7 heteroatoms. The quantitative estimate of drug-likeness (QED) is 0.482. The van der Waals surface area contributed by atoms with E-state index in [2.05, 4.69) is 4.90 Å². The Hall–Kier alpha value is -1.82. The number of esters is 1. The minimum Gasteiger partial charge on any atom is -0.466 e. The lowest BCUT2D eigenvalue weighted by atomic mass is 9.96. The molecule has 120 valence electrons. The predicted molar refractivity (Wildman–Crippen MR) is 84.4 cm³/mol. The van der Waals surface area contributed by atoms with E-state index in [1.54, 1.807) is 6.92 Å². The second-order valence-electron chi connectivity index (χ2n) is 5.36. The van der Waals surface area contributed by atoms with Crippen molar-refractivity contribution < 1.29 is 14.5 Å². The summed E-state index contributed by atoms with van der Waals surface area (Å²) in [4.78, 5) is 24.2. The number of hydrogen-bond donors (Lipinski definition) is 0. The molecule has 0 atom stereocenters. The number of piperidine rings is 1. The van der Waals surface area contributed by atoms with Gasteiger partial charge in [-0.25, -0.2) is 0 Å². The van der Waals surface area contributed by atoms with Gasteiger partial charge in [0, 0.05) is 25.2 Å². The molecule has 0 aliphatic carbocycles. The summed E-state index contributed by atoms with van der Waals surface area (Å²) in [6.07, 6.45) is 1.40. The maximum absolute atomic E-state index is 11.8. The number of nitro benzene ring substituents is 1. The third-order valence-corrected chi connectivity index (χ3v) is 4.17. The number of rotatable bonds is 4. The summed E-state index contributed by atoms with van der Waals surface area (Å²) >= 11 is 6.22. The van der Waals surface area contributed by atoms with Gasteiger partial charge in [0.15, 0.2) is 0 Å². The van der Waals surface area contributed by atoms with Gasteiger partial charge in [-0.1, -0.05) is 11.6 Å². The molecule has 1 fully saturated rings. The molecule has 0 bridgehead atoms. The summed E-state index contributed by atoms with van der Waals surface area (Å²) in [5, 5.41) is 11.2. The lowest BCUT2D eigenvalue weighted by Gasteiger charge is -2.34. The Labute approximate surface area is 134 Å². The van der Waals surface area contributed by atoms with Crippen LogP contribution in [0.5, 0.6) is 0 Å². The smallest absolute Gasteiger partial charge is 0.309 e. The molecule has 6 nitrogen and oxygen atoms in total. The van der Waals surface area contributed by atoms with Crippen molar-refractivity contribution in [2.75, 3.05) is 24.6 Å². The number of anilines is 1. The number of nitrogens with zero attached hydrogens (tertiary/aromatic N) is 2. The maximum Gasteiger partial charge on any atom is 0.309 e. The predicted octanol–water partition coefficient (Wildman–Crippen LogP) is 3.34. The van der Waals surface area contributed by atoms with Crippen LogP contribution >= 0.6 is 11.6 Å². The van der Waals surface area contributed by atoms with E-state index in [-0.39, 0.29) is 17.6 Å². The topological polar surface area (TPSA) is 72.7 Å². The molecule has 0 spiro atoms. The van der Waals surface area contributed by atoms with E-state index in [0.717, 1.165) is 11.3 Å². The van der Waals surface area contributed by atoms with Crippen molar-refractivity contribution in [2.24, 2.45) is 5.92 Å². The Morgan fingerprint density at radius 2 is 2.09 bits per heavy atom. The number of carbonyl (C=O) groups excluding carboxylic acids is 1. The van der Waals surface area contributed by atoms with Crippen LogP contribution in [0, 0.1) is 23.0 Å². The number of hydrogen-bond acceptors (Lipinski definition) is 5. The highest BCUT2D eigenvalue weighted by Gasteiger charge is 2.28. The highest BCUT2D eigenvalue weighted by atomic mass is 35.5. The van der Waals surface area contributed by atoms with Gasteiger partial charge in [-0.15, -0.1) is 0 Å². The summed E-state index contributed by atoms with van der Waals surface area (Å²) < 4.78 is 5.05. The third kappa shape index (κ3) is 3.50. The van der Waals surface area contributed by atoms with Crippen LogP contribution in [0.4, 0.5) is 11.4 Å². The van der Waals surface area contributed by atoms with Crippen LogP contribution in [-0.2, 0) is 9.53 Å². The summed E-state index contributed by atoms with van der Waals surface area (Å²) in [5.74, 6) is -0.220. The second-order valence-corrected chi connectivity index (χ2v) is 5.77. The molecular weight excluding hydrogens is 308 g/mol. The number of carbonyl (C=O) groups is 1. The Balaban J connectivity index is 2.12. The molecule has 2 rings (SSSR count). The Morgan fingerprint density at radius 3 is 2.59 bits per heavy atom. The van der Waals surface area contributed by atoms with E-state index in [1.165, 1.54) is 12.1 Å². The molecule has 0 amide bonds. The zero-order valence-electron chi connectivity index (χ0n) is 12.7. The Bertz CT molecular complexity index is 560. The van der Waals surface area contributed by atoms with Gasteiger partial charge in [0.1, 0.15) is 0 Å². The second kappa shape index (κ2) is 6.96. The number of nitro groups is 1. The third-order valence-electron chi connectivity index (χ3n) is 3.88. The molecule has 1 aromatic rings. The van der Waals surface area contributed by atoms with E-state index in [4.69, 9.17) is 16.3 Å². The van der Waals surface area contributed by atoms with Crippen molar-refractivity contribution in [3.8, 4) is 0 Å². The van der Waals surface area contributed by atoms with Crippen molar-refractivity contribution in [2.45, 2.75) is 26.7 Å². The van der Waals surface area contributed by atoms with Crippen LogP contribution in [0.15, 0.2) is 12.1 Å². The number of halogens is 1. The van der Waals surface area contributed by atoms with Gasteiger partial charge in [0.05, 0.1) is 28.2 Å². The number of aryl methyl sites for hydroxylation is 1. The first-order chi connectivity index (χ1) is 10.4. The summed E-state index contributed by atoms with van der Waals surface area (Å²) in [6, 6.07) is 2.90. The monoisotopic (exact) mass is 326 g/mol. The van der Waals surface area contributed by atoms with E-state index in [9.17, 15) is 14.9 Å². The van der Waals surface area contributed by atoms with E-state index in [1.807, 2.05) is 6.92 Å². The van der Waals surface area contributed by atoms with Crippen LogP contribution < -0.4 is 4.90 Å². The van der Waals surface area contributed by atoms with Crippen molar-refractivity contribution in [3.05, 3.63) is 32.8 Å². The number of non-ortho nitro benzene ring substituents is 1. The fraction of sp³-hybridized carbons (Fsp3) is 0.533. The van der Waals surface area contributed by atoms with Crippen molar-refractivity contribution in [1.29, 1.82) is 0 Å². The molecule has 0 saturated carbocycles. The standard InChI is InChI=1S/C15H19ClN2O4/c1-3-22-15(19)11-4-6-17(7-5-11)14-10(2)8-12(18(20)21)9-13(14)16/h8-9,11H,3-7H2,1-2H3. The maximum atomic E-state index is 11.8. The van der Waals surface area contributed by atoms with E-state index < -0.39 is 4.92 Å². The number of ether oxygens (including phenoxy) is 1. The Kier molecular flexibility index (Phi) is 5.24. The van der Waals surface area contributed by atoms with E-state index in [0.29, 0.717) is 37.6 Å². The van der Waals surface area contributed by atoms with Crippen LogP contribution in [0.2, 0.25) is 5.02 Å². The molecule has 1 aliphatic rings. The van der Waals surface area contributed by atoms with Gasteiger partial charge >= 0.3 is 5.97 Å². The van der Waals surface area contributed by atoms with Gasteiger partial charge in [-0.3, -0.25) is 14.9 Å². The van der Waals surface area contributed by atoms with Crippen molar-refractivity contribution in [3.63, 3.8) is 0 Å². The highest BCUT2D eigenvalue weighted by Crippen LogP contribution is 2.36. The van der Waals surface area contributed by atoms with Crippen molar-refractivity contribution in [1.82, 2.24) is 0 Å². The molecule has 0 unspecified atom stereocenters. The zero-order valence-corrected chi connectivity index (χ0v) is 13.4. The molecule has 0 radical (unpaired) electrons. The number of benzene rings is 1. The van der Waals surface area contributed by atoms with Gasteiger partial charge < -0.3 is 9.64 Å². The lowest BCUT2D eigenvalue weighted by Crippen LogP contribution is -2.37. The molecular formula is C15H19ClN2O4. The van der Waals surface area contributed by atoms with Gasteiger partial charge in [-0.05, 0) is 32.3 Å². The van der Waals surface area contributed by atoms with Crippen LogP contribution in [0.25, 0.3) is 0 Å². The minimum absolute atomic E-state index is 0.00680. The molecule has 1 aromatic carbocycles. The molecule has 0 aromatic heterocycles. The molecule has 0 N–H and O–H groups in total. The minimum atomic E-state index is -0.449. The molecule has 1 aliphatic heterocycles. The van der Waals surface area contributed by atoms with Gasteiger partial charge in [0.2, 0.25) is 0 Å². The van der Waals surface area contributed by atoms with Crippen molar-refractivity contribution >= 4 is 28.9 Å². The van der Waals surface area contributed by atoms with Crippen LogP contribution in [-0.4, -0.2) is 30.6 Å². The molecule has 1 heterocycles. The van der Waals surface area contributed by atoms with Crippen LogP contribution in [0.3, 0.4) is 0 Å². The fourth-order valence-electron chi connectivity index (χ4n) is 2.82. The summed E-state index contributed by atoms with van der Waals surface area (Å²) in [7, 11) is 0. The first kappa shape index (κ1) is 16.5. The van der Waals surface area contributed by atoms with Gasteiger partial charge in [0.25, 0.3) is 5.69 Å². The first-order valence-corrected chi connectivity index (χ1v) is 7.68. The summed E-state index contributed by atoms with van der Waals surface area (Å²) in [5.41, 5.74) is 1.58. The van der Waals surface area contributed by atoms with Gasteiger partial charge in [-0.2, -0.15) is 0 Å². The highest BCUT2D eigenvalue weighted by molar-refractivity contribution is 6.33. The molecule has 22 heavy (non-hydrogen) atoms. The van der Waals surface area contributed by atoms with Crippen LogP contribution in [0.1, 0.15) is 25.3 Å². The summed E-state index contributed by atoms with van der Waals surface area (Å²) in [6.45, 7) is 5.37. The fourth-order valence-corrected chi connectivity index (χ4v) is 3.20. The average molecular weight is 327 g/mol. The SMILES string of the molecule is CCOC(=O)C1CCN(c2c(C)cc([N+](=O)[O-])cc2Cl)CC1. The largest absolute Gasteiger partial charge is 0.466 e. The normalized spacial score (nSPS) is 15.7. The molecule has 1 saturated heterocycles. The van der Waals surface area contributed by atoms with E-state index >= 15 is 0 Å². The lowest BCUT2D eigenvalue weighted by molar-refractivity contribution is -0.384. The zero-order chi connectivity index (χ0) is 16.3. The first-order valence-electron chi connectivity index (χ1n) is 7.30.